The average molecular weight is 377 g/mol. The van der Waals surface area contributed by atoms with E-state index in [0.29, 0.717) is 12.1 Å². The first-order valence-corrected chi connectivity index (χ1v) is 9.67. The number of fused-ring (bicyclic) bond motifs is 1. The second-order valence-corrected chi connectivity index (χ2v) is 7.44. The maximum Gasteiger partial charge on any atom is 0.255 e. The lowest BCUT2D eigenvalue weighted by molar-refractivity contribution is -0.130. The standard InChI is InChI=1S/C21H19N3O2S/c1-14(25)24-12-8-19-17(9-13-27-19)20(24)16-4-2-3-5-18(16)23-21(26)15-6-10-22-11-7-15/h2-7,9-11,13,20H,8,12H2,1H3,(H,23,26)/t20-/m1/s1. The molecule has 27 heavy (non-hydrogen) atoms. The maximum atomic E-state index is 12.6. The molecule has 5 nitrogen and oxygen atoms in total. The minimum atomic E-state index is -0.194. The van der Waals surface area contributed by atoms with E-state index in [1.165, 1.54) is 4.88 Å². The molecular formula is C21H19N3O2S. The SMILES string of the molecule is CC(=O)N1CCc2sccc2[C@H]1c1ccccc1NC(=O)c1ccncc1. The third-order valence-electron chi connectivity index (χ3n) is 4.82. The number of carbonyl (C=O) groups is 2. The number of amides is 2. The van der Waals surface area contributed by atoms with Crippen LogP contribution >= 0.6 is 11.3 Å². The topological polar surface area (TPSA) is 62.3 Å². The van der Waals surface area contributed by atoms with Gasteiger partial charge < -0.3 is 10.2 Å². The summed E-state index contributed by atoms with van der Waals surface area (Å²) >= 11 is 1.72. The van der Waals surface area contributed by atoms with Crippen molar-refractivity contribution in [2.24, 2.45) is 0 Å². The Bertz CT molecular complexity index is 984. The number of carbonyl (C=O) groups excluding carboxylic acids is 2. The summed E-state index contributed by atoms with van der Waals surface area (Å²) in [4.78, 5) is 32.1. The van der Waals surface area contributed by atoms with Crippen LogP contribution in [0.1, 0.15) is 39.3 Å². The molecule has 1 aromatic carbocycles. The minimum absolute atomic E-state index is 0.0344. The molecule has 2 amide bonds. The molecule has 1 atom stereocenters. The molecule has 0 radical (unpaired) electrons. The van der Waals surface area contributed by atoms with Gasteiger partial charge in [0.15, 0.2) is 0 Å². The number of aromatic nitrogens is 1. The van der Waals surface area contributed by atoms with Gasteiger partial charge in [0.2, 0.25) is 5.91 Å². The fourth-order valence-corrected chi connectivity index (χ4v) is 4.44. The van der Waals surface area contributed by atoms with Gasteiger partial charge in [0.1, 0.15) is 0 Å². The highest BCUT2D eigenvalue weighted by molar-refractivity contribution is 7.10. The smallest absolute Gasteiger partial charge is 0.255 e. The van der Waals surface area contributed by atoms with Gasteiger partial charge in [-0.05, 0) is 41.6 Å². The molecule has 4 rings (SSSR count). The number of rotatable bonds is 3. The van der Waals surface area contributed by atoms with Gasteiger partial charge in [0.25, 0.3) is 5.91 Å². The summed E-state index contributed by atoms with van der Waals surface area (Å²) in [6.07, 6.45) is 4.06. The molecule has 2 aromatic heterocycles. The summed E-state index contributed by atoms with van der Waals surface area (Å²) in [5, 5.41) is 5.07. The zero-order valence-corrected chi connectivity index (χ0v) is 15.7. The second kappa shape index (κ2) is 7.32. The number of para-hydroxylation sites is 1. The lowest BCUT2D eigenvalue weighted by Crippen LogP contribution is -2.39. The molecule has 0 fully saturated rings. The van der Waals surface area contributed by atoms with E-state index in [0.717, 1.165) is 23.2 Å². The number of anilines is 1. The summed E-state index contributed by atoms with van der Waals surface area (Å²) in [5.41, 5.74) is 3.33. The van der Waals surface area contributed by atoms with Gasteiger partial charge in [-0.25, -0.2) is 0 Å². The van der Waals surface area contributed by atoms with E-state index < -0.39 is 0 Å². The highest BCUT2D eigenvalue weighted by Crippen LogP contribution is 2.40. The van der Waals surface area contributed by atoms with E-state index in [-0.39, 0.29) is 17.9 Å². The van der Waals surface area contributed by atoms with Crippen LogP contribution in [0.4, 0.5) is 5.69 Å². The Hall–Kier alpha value is -2.99. The summed E-state index contributed by atoms with van der Waals surface area (Å²) in [7, 11) is 0. The predicted octanol–water partition coefficient (Wildman–Crippen LogP) is 3.89. The largest absolute Gasteiger partial charge is 0.331 e. The van der Waals surface area contributed by atoms with Gasteiger partial charge in [0.05, 0.1) is 6.04 Å². The third kappa shape index (κ3) is 3.36. The molecule has 3 aromatic rings. The van der Waals surface area contributed by atoms with E-state index in [9.17, 15) is 9.59 Å². The molecule has 3 heterocycles. The molecule has 0 spiro atoms. The van der Waals surface area contributed by atoms with E-state index in [2.05, 4.69) is 21.7 Å². The first-order valence-electron chi connectivity index (χ1n) is 8.79. The number of hydrogen-bond donors (Lipinski definition) is 1. The molecule has 1 aliphatic rings. The average Bonchev–Trinajstić information content (AvgIpc) is 3.17. The van der Waals surface area contributed by atoms with Crippen molar-refractivity contribution < 1.29 is 9.59 Å². The van der Waals surface area contributed by atoms with E-state index in [1.807, 2.05) is 29.2 Å². The highest BCUT2D eigenvalue weighted by Gasteiger charge is 2.32. The molecule has 0 unspecified atom stereocenters. The molecular weight excluding hydrogens is 358 g/mol. The van der Waals surface area contributed by atoms with Crippen molar-refractivity contribution in [1.29, 1.82) is 0 Å². The van der Waals surface area contributed by atoms with E-state index >= 15 is 0 Å². The predicted molar refractivity (Wildman–Crippen MR) is 106 cm³/mol. The first kappa shape index (κ1) is 17.4. The van der Waals surface area contributed by atoms with Gasteiger partial charge in [-0.2, -0.15) is 0 Å². The van der Waals surface area contributed by atoms with Gasteiger partial charge >= 0.3 is 0 Å². The highest BCUT2D eigenvalue weighted by atomic mass is 32.1. The first-order chi connectivity index (χ1) is 13.1. The Labute approximate surface area is 161 Å². The lowest BCUT2D eigenvalue weighted by atomic mass is 9.92. The molecule has 1 aliphatic heterocycles. The normalized spacial score (nSPS) is 15.9. The monoisotopic (exact) mass is 377 g/mol. The molecule has 0 aliphatic carbocycles. The van der Waals surface area contributed by atoms with Crippen LogP contribution in [0.15, 0.2) is 60.2 Å². The molecule has 0 bridgehead atoms. The van der Waals surface area contributed by atoms with Crippen molar-refractivity contribution >= 4 is 28.8 Å². The number of nitrogens with zero attached hydrogens (tertiary/aromatic N) is 2. The van der Waals surface area contributed by atoms with Gasteiger partial charge in [0, 0.05) is 47.6 Å². The van der Waals surface area contributed by atoms with Crippen molar-refractivity contribution in [3.63, 3.8) is 0 Å². The number of benzene rings is 1. The summed E-state index contributed by atoms with van der Waals surface area (Å²) in [6.45, 7) is 2.28. The maximum absolute atomic E-state index is 12.6. The Balaban J connectivity index is 1.74. The van der Waals surface area contributed by atoms with Gasteiger partial charge in [-0.3, -0.25) is 14.6 Å². The fraction of sp³-hybridized carbons (Fsp3) is 0.190. The quantitative estimate of drug-likeness (QED) is 0.753. The van der Waals surface area contributed by atoms with Crippen LogP contribution in [0, 0.1) is 0 Å². The summed E-state index contributed by atoms with van der Waals surface area (Å²) < 4.78 is 0. The second-order valence-electron chi connectivity index (χ2n) is 6.44. The Kier molecular flexibility index (Phi) is 4.73. The van der Waals surface area contributed by atoms with Gasteiger partial charge in [-0.15, -0.1) is 11.3 Å². The van der Waals surface area contributed by atoms with Crippen LogP contribution in [0.2, 0.25) is 0 Å². The van der Waals surface area contributed by atoms with Gasteiger partial charge in [-0.1, -0.05) is 18.2 Å². The van der Waals surface area contributed by atoms with Crippen molar-refractivity contribution in [2.75, 3.05) is 11.9 Å². The molecule has 136 valence electrons. The van der Waals surface area contributed by atoms with E-state index in [1.54, 1.807) is 42.8 Å². The fourth-order valence-electron chi connectivity index (χ4n) is 3.54. The van der Waals surface area contributed by atoms with Crippen molar-refractivity contribution in [3.05, 3.63) is 81.8 Å². The number of nitrogens with one attached hydrogen (secondary N) is 1. The van der Waals surface area contributed by atoms with Crippen molar-refractivity contribution in [3.8, 4) is 0 Å². The van der Waals surface area contributed by atoms with Crippen LogP contribution in [0.25, 0.3) is 0 Å². The van der Waals surface area contributed by atoms with Crippen molar-refractivity contribution in [1.82, 2.24) is 9.88 Å². The number of thiophene rings is 1. The Morgan fingerprint density at radius 1 is 1.11 bits per heavy atom. The summed E-state index contributed by atoms with van der Waals surface area (Å²) in [6, 6.07) is 12.9. The molecule has 0 saturated carbocycles. The van der Waals surface area contributed by atoms with Crippen LogP contribution < -0.4 is 5.32 Å². The van der Waals surface area contributed by atoms with E-state index in [4.69, 9.17) is 0 Å². The Morgan fingerprint density at radius 3 is 2.67 bits per heavy atom. The lowest BCUT2D eigenvalue weighted by Gasteiger charge is -2.36. The van der Waals surface area contributed by atoms with Crippen LogP contribution in [0.3, 0.4) is 0 Å². The molecule has 1 N–H and O–H groups in total. The number of hydrogen-bond acceptors (Lipinski definition) is 4. The Morgan fingerprint density at radius 2 is 1.89 bits per heavy atom. The zero-order chi connectivity index (χ0) is 18.8. The van der Waals surface area contributed by atoms with Crippen LogP contribution in [-0.4, -0.2) is 28.2 Å². The summed E-state index contributed by atoms with van der Waals surface area (Å²) in [5.74, 6) is -0.160. The molecule has 0 saturated heterocycles. The zero-order valence-electron chi connectivity index (χ0n) is 14.9. The number of pyridine rings is 1. The minimum Gasteiger partial charge on any atom is -0.331 e. The van der Waals surface area contributed by atoms with Crippen LogP contribution in [0.5, 0.6) is 0 Å². The molecule has 6 heteroatoms. The third-order valence-corrected chi connectivity index (χ3v) is 5.81. The van der Waals surface area contributed by atoms with Crippen molar-refractivity contribution in [2.45, 2.75) is 19.4 Å². The van der Waals surface area contributed by atoms with Crippen LogP contribution in [-0.2, 0) is 11.2 Å².